The fraction of sp³-hybridized carbons (Fsp3) is 0.375. The standard InChI is InChI=1S/C8H13N5/c1-5(9)3-7(10)11-8-4-6(2)12-13-8/h4,9H,3H2,1-2H3,(H3,10,11,12,13). The lowest BCUT2D eigenvalue weighted by Crippen LogP contribution is -2.14. The molecule has 0 aliphatic carbocycles. The number of nitrogens with zero attached hydrogens (tertiary/aromatic N) is 2. The third kappa shape index (κ3) is 3.06. The molecule has 13 heavy (non-hydrogen) atoms. The van der Waals surface area contributed by atoms with Crippen LogP contribution in [0, 0.1) is 12.3 Å². The smallest absolute Gasteiger partial charge is 0.175 e. The Balaban J connectivity index is 2.70. The molecule has 0 aliphatic rings. The summed E-state index contributed by atoms with van der Waals surface area (Å²) in [7, 11) is 0. The molecule has 0 bridgehead atoms. The van der Waals surface area contributed by atoms with E-state index in [4.69, 9.17) is 11.1 Å². The predicted octanol–water partition coefficient (Wildman–Crippen LogP) is 1.14. The van der Waals surface area contributed by atoms with Crippen LogP contribution in [-0.2, 0) is 0 Å². The van der Waals surface area contributed by atoms with E-state index in [1.807, 2.05) is 6.92 Å². The summed E-state index contributed by atoms with van der Waals surface area (Å²) in [5, 5.41) is 13.9. The molecule has 0 aliphatic heterocycles. The summed E-state index contributed by atoms with van der Waals surface area (Å²) in [5.41, 5.74) is 7.01. The largest absolute Gasteiger partial charge is 0.387 e. The van der Waals surface area contributed by atoms with E-state index in [-0.39, 0.29) is 0 Å². The molecule has 0 unspecified atom stereocenters. The van der Waals surface area contributed by atoms with Crippen molar-refractivity contribution in [1.82, 2.24) is 10.2 Å². The summed E-state index contributed by atoms with van der Waals surface area (Å²) < 4.78 is 0. The minimum absolute atomic E-state index is 0.395. The highest BCUT2D eigenvalue weighted by atomic mass is 15.2. The zero-order valence-electron chi connectivity index (χ0n) is 7.76. The van der Waals surface area contributed by atoms with E-state index >= 15 is 0 Å². The average Bonchev–Trinajstić information content (AvgIpc) is 2.33. The molecule has 0 saturated carbocycles. The number of aryl methyl sites for hydroxylation is 1. The van der Waals surface area contributed by atoms with Crippen molar-refractivity contribution in [2.45, 2.75) is 20.3 Å². The van der Waals surface area contributed by atoms with Crippen LogP contribution in [0.25, 0.3) is 0 Å². The molecule has 1 aromatic heterocycles. The summed E-state index contributed by atoms with van der Waals surface area (Å²) in [5.74, 6) is 0.982. The first kappa shape index (κ1) is 9.44. The second-order valence-electron chi connectivity index (χ2n) is 2.97. The second kappa shape index (κ2) is 3.84. The van der Waals surface area contributed by atoms with Gasteiger partial charge < -0.3 is 11.1 Å². The summed E-state index contributed by atoms with van der Waals surface area (Å²) >= 11 is 0. The van der Waals surface area contributed by atoms with Crippen molar-refractivity contribution in [1.29, 1.82) is 5.41 Å². The van der Waals surface area contributed by atoms with Gasteiger partial charge in [-0.05, 0) is 13.8 Å². The third-order valence-electron chi connectivity index (χ3n) is 1.40. The van der Waals surface area contributed by atoms with Gasteiger partial charge in [0.05, 0.1) is 0 Å². The molecule has 0 saturated heterocycles. The topological polar surface area (TPSA) is 90.9 Å². The van der Waals surface area contributed by atoms with E-state index in [1.165, 1.54) is 0 Å². The normalized spacial score (nSPS) is 11.7. The van der Waals surface area contributed by atoms with Crippen molar-refractivity contribution in [3.05, 3.63) is 11.8 Å². The van der Waals surface area contributed by atoms with Crippen LogP contribution in [0.3, 0.4) is 0 Å². The number of amidine groups is 1. The summed E-state index contributed by atoms with van der Waals surface area (Å²) in [6.07, 6.45) is 0.395. The highest BCUT2D eigenvalue weighted by Crippen LogP contribution is 2.08. The number of rotatable bonds is 3. The maximum absolute atomic E-state index is 7.21. The Bertz CT molecular complexity index is 336. The molecule has 0 spiro atoms. The molecule has 5 heteroatoms. The zero-order chi connectivity index (χ0) is 9.84. The van der Waals surface area contributed by atoms with Crippen LogP contribution < -0.4 is 5.73 Å². The number of nitrogens with one attached hydrogen (secondary N) is 2. The quantitative estimate of drug-likeness (QED) is 0.479. The van der Waals surface area contributed by atoms with Gasteiger partial charge in [0.1, 0.15) is 5.84 Å². The lowest BCUT2D eigenvalue weighted by Gasteiger charge is -1.95. The van der Waals surface area contributed by atoms with Crippen molar-refractivity contribution in [3.8, 4) is 0 Å². The highest BCUT2D eigenvalue weighted by Gasteiger charge is 1.98. The Hall–Kier alpha value is -1.65. The Labute approximate surface area is 76.6 Å². The first-order chi connectivity index (χ1) is 6.08. The van der Waals surface area contributed by atoms with Gasteiger partial charge in [0.15, 0.2) is 5.82 Å². The molecule has 1 aromatic rings. The lowest BCUT2D eigenvalue weighted by molar-refractivity contribution is 1.04. The van der Waals surface area contributed by atoms with Gasteiger partial charge in [-0.25, -0.2) is 4.99 Å². The molecule has 1 heterocycles. The number of hydrogen-bond donors (Lipinski definition) is 3. The maximum atomic E-state index is 7.21. The van der Waals surface area contributed by atoms with Crippen molar-refractivity contribution in [2.75, 3.05) is 0 Å². The third-order valence-corrected chi connectivity index (χ3v) is 1.40. The minimum atomic E-state index is 0.395. The van der Waals surface area contributed by atoms with Crippen molar-refractivity contribution < 1.29 is 0 Å². The van der Waals surface area contributed by atoms with E-state index in [0.717, 1.165) is 5.69 Å². The predicted molar refractivity (Wildman–Crippen MR) is 52.6 cm³/mol. The van der Waals surface area contributed by atoms with E-state index in [1.54, 1.807) is 13.0 Å². The van der Waals surface area contributed by atoms with Crippen LogP contribution in [0.15, 0.2) is 11.1 Å². The zero-order valence-corrected chi connectivity index (χ0v) is 7.76. The molecular formula is C8H13N5. The molecule has 0 atom stereocenters. The Morgan fingerprint density at radius 3 is 2.92 bits per heavy atom. The van der Waals surface area contributed by atoms with Crippen molar-refractivity contribution in [2.24, 2.45) is 10.7 Å². The molecular weight excluding hydrogens is 166 g/mol. The minimum Gasteiger partial charge on any atom is -0.387 e. The van der Waals surface area contributed by atoms with E-state index in [2.05, 4.69) is 15.2 Å². The van der Waals surface area contributed by atoms with Gasteiger partial charge in [0, 0.05) is 23.9 Å². The van der Waals surface area contributed by atoms with Gasteiger partial charge in [0.25, 0.3) is 0 Å². The van der Waals surface area contributed by atoms with Gasteiger partial charge >= 0.3 is 0 Å². The van der Waals surface area contributed by atoms with Gasteiger partial charge in [-0.2, -0.15) is 5.10 Å². The Morgan fingerprint density at radius 1 is 1.77 bits per heavy atom. The monoisotopic (exact) mass is 179 g/mol. The van der Waals surface area contributed by atoms with Crippen molar-refractivity contribution in [3.63, 3.8) is 0 Å². The number of nitrogens with two attached hydrogens (primary N) is 1. The van der Waals surface area contributed by atoms with Gasteiger partial charge in [-0.3, -0.25) is 5.10 Å². The van der Waals surface area contributed by atoms with Crippen LogP contribution >= 0.6 is 0 Å². The molecule has 70 valence electrons. The summed E-state index contributed by atoms with van der Waals surface area (Å²) in [6, 6.07) is 1.80. The fourth-order valence-electron chi connectivity index (χ4n) is 0.919. The Kier molecular flexibility index (Phi) is 2.79. The Morgan fingerprint density at radius 2 is 2.46 bits per heavy atom. The highest BCUT2D eigenvalue weighted by molar-refractivity contribution is 6.00. The van der Waals surface area contributed by atoms with Gasteiger partial charge in [-0.15, -0.1) is 0 Å². The lowest BCUT2D eigenvalue weighted by atomic mass is 10.3. The number of H-pyrrole nitrogens is 1. The molecule has 4 N–H and O–H groups in total. The summed E-state index contributed by atoms with van der Waals surface area (Å²) in [4.78, 5) is 4.03. The van der Waals surface area contributed by atoms with E-state index in [0.29, 0.717) is 23.8 Å². The van der Waals surface area contributed by atoms with Crippen LogP contribution in [0.1, 0.15) is 19.0 Å². The first-order valence-corrected chi connectivity index (χ1v) is 3.97. The van der Waals surface area contributed by atoms with E-state index in [9.17, 15) is 0 Å². The molecule has 1 rings (SSSR count). The first-order valence-electron chi connectivity index (χ1n) is 3.97. The number of aromatic amines is 1. The average molecular weight is 179 g/mol. The molecule has 0 amide bonds. The van der Waals surface area contributed by atoms with Crippen LogP contribution in [0.4, 0.5) is 5.82 Å². The number of aromatic nitrogens is 2. The maximum Gasteiger partial charge on any atom is 0.175 e. The SMILES string of the molecule is CC(=N)CC(N)=Nc1cc(C)[nH]n1. The van der Waals surface area contributed by atoms with Gasteiger partial charge in [0.2, 0.25) is 0 Å². The summed E-state index contributed by atoms with van der Waals surface area (Å²) in [6.45, 7) is 3.59. The second-order valence-corrected chi connectivity index (χ2v) is 2.97. The molecule has 0 radical (unpaired) electrons. The van der Waals surface area contributed by atoms with Crippen LogP contribution in [0.2, 0.25) is 0 Å². The van der Waals surface area contributed by atoms with Crippen LogP contribution in [0.5, 0.6) is 0 Å². The van der Waals surface area contributed by atoms with Crippen molar-refractivity contribution >= 4 is 17.4 Å². The molecule has 0 aromatic carbocycles. The van der Waals surface area contributed by atoms with Crippen LogP contribution in [-0.4, -0.2) is 21.7 Å². The number of hydrogen-bond acceptors (Lipinski definition) is 3. The molecule has 5 nitrogen and oxygen atoms in total. The molecule has 0 fully saturated rings. The van der Waals surface area contributed by atoms with E-state index < -0.39 is 0 Å². The fourth-order valence-corrected chi connectivity index (χ4v) is 0.919. The van der Waals surface area contributed by atoms with Gasteiger partial charge in [-0.1, -0.05) is 0 Å². The number of aliphatic imine (C=N–C) groups is 1.